The van der Waals surface area contributed by atoms with E-state index in [1.807, 2.05) is 0 Å². The molecule has 1 aliphatic heterocycles. The van der Waals surface area contributed by atoms with E-state index in [1.165, 1.54) is 15.9 Å². The number of hydrogen-bond acceptors (Lipinski definition) is 2. The summed E-state index contributed by atoms with van der Waals surface area (Å²) in [4.78, 5) is 24.8. The van der Waals surface area contributed by atoms with Crippen LogP contribution in [0.15, 0.2) is 12.7 Å². The standard InChI is InChI=1S/C7H10N2O2/c1-3-6(10)9-4-7(11)8(2)5-9/h3H,1,4-5H2,2H3. The molecule has 2 amide bonds. The van der Waals surface area contributed by atoms with Crippen LogP contribution in [0.3, 0.4) is 0 Å². The Morgan fingerprint density at radius 3 is 2.73 bits per heavy atom. The predicted molar refractivity (Wildman–Crippen MR) is 39.5 cm³/mol. The largest absolute Gasteiger partial charge is 0.326 e. The normalized spacial score (nSPS) is 17.4. The van der Waals surface area contributed by atoms with E-state index in [0.29, 0.717) is 6.67 Å². The van der Waals surface area contributed by atoms with Crippen LogP contribution < -0.4 is 0 Å². The summed E-state index contributed by atoms with van der Waals surface area (Å²) in [6.45, 7) is 3.89. The second-order valence-electron chi connectivity index (χ2n) is 2.47. The zero-order chi connectivity index (χ0) is 8.43. The Morgan fingerprint density at radius 2 is 2.36 bits per heavy atom. The first-order chi connectivity index (χ1) is 5.15. The molecule has 0 saturated carbocycles. The molecule has 1 heterocycles. The molecular formula is C7H10N2O2. The Morgan fingerprint density at radius 1 is 1.73 bits per heavy atom. The van der Waals surface area contributed by atoms with Crippen molar-refractivity contribution in [1.29, 1.82) is 0 Å². The topological polar surface area (TPSA) is 40.6 Å². The van der Waals surface area contributed by atoms with E-state index in [1.54, 1.807) is 7.05 Å². The van der Waals surface area contributed by atoms with Gasteiger partial charge in [-0.15, -0.1) is 0 Å². The zero-order valence-corrected chi connectivity index (χ0v) is 6.41. The van der Waals surface area contributed by atoms with Crippen LogP contribution in [0, 0.1) is 0 Å². The summed E-state index contributed by atoms with van der Waals surface area (Å²) in [6.07, 6.45) is 1.21. The Balaban J connectivity index is 2.60. The Hall–Kier alpha value is -1.32. The molecule has 4 heteroatoms. The highest BCUT2D eigenvalue weighted by molar-refractivity contribution is 5.92. The van der Waals surface area contributed by atoms with Gasteiger partial charge < -0.3 is 9.80 Å². The van der Waals surface area contributed by atoms with E-state index in [-0.39, 0.29) is 18.4 Å². The second-order valence-corrected chi connectivity index (χ2v) is 2.47. The monoisotopic (exact) mass is 154 g/mol. The summed E-state index contributed by atoms with van der Waals surface area (Å²) < 4.78 is 0. The Labute approximate surface area is 65.1 Å². The minimum Gasteiger partial charge on any atom is -0.326 e. The smallest absolute Gasteiger partial charge is 0.247 e. The molecule has 0 bridgehead atoms. The predicted octanol–water partition coefficient (Wildman–Crippen LogP) is -0.570. The highest BCUT2D eigenvalue weighted by Crippen LogP contribution is 2.03. The SMILES string of the molecule is C=CC(=O)N1CC(=O)N(C)C1. The van der Waals surface area contributed by atoms with E-state index in [4.69, 9.17) is 0 Å². The highest BCUT2D eigenvalue weighted by Gasteiger charge is 2.26. The molecule has 0 aromatic rings. The van der Waals surface area contributed by atoms with Crippen molar-refractivity contribution in [3.63, 3.8) is 0 Å². The summed E-state index contributed by atoms with van der Waals surface area (Å²) in [7, 11) is 1.67. The van der Waals surface area contributed by atoms with Gasteiger partial charge >= 0.3 is 0 Å². The Bertz CT molecular complexity index is 212. The van der Waals surface area contributed by atoms with Crippen LogP contribution >= 0.6 is 0 Å². The van der Waals surface area contributed by atoms with Crippen LogP contribution in [0.4, 0.5) is 0 Å². The van der Waals surface area contributed by atoms with Gasteiger partial charge in [-0.3, -0.25) is 9.59 Å². The maximum Gasteiger partial charge on any atom is 0.247 e. The van der Waals surface area contributed by atoms with Crippen molar-refractivity contribution in [1.82, 2.24) is 9.80 Å². The van der Waals surface area contributed by atoms with Gasteiger partial charge in [-0.1, -0.05) is 6.58 Å². The van der Waals surface area contributed by atoms with Gasteiger partial charge in [0.25, 0.3) is 0 Å². The van der Waals surface area contributed by atoms with E-state index in [0.717, 1.165) is 0 Å². The summed E-state index contributed by atoms with van der Waals surface area (Å²) in [5.41, 5.74) is 0. The van der Waals surface area contributed by atoms with Gasteiger partial charge in [-0.25, -0.2) is 0 Å². The van der Waals surface area contributed by atoms with Crippen LogP contribution in [0.5, 0.6) is 0 Å². The molecule has 1 rings (SSSR count). The number of carbonyl (C=O) groups is 2. The molecule has 4 nitrogen and oxygen atoms in total. The van der Waals surface area contributed by atoms with Crippen LogP contribution in [-0.4, -0.2) is 41.9 Å². The maximum absolute atomic E-state index is 10.9. The average Bonchev–Trinajstić information content (AvgIpc) is 2.31. The number of hydrogen-bond donors (Lipinski definition) is 0. The first-order valence-corrected chi connectivity index (χ1v) is 3.30. The van der Waals surface area contributed by atoms with Gasteiger partial charge in [-0.05, 0) is 6.08 Å². The van der Waals surface area contributed by atoms with Crippen molar-refractivity contribution in [3.8, 4) is 0 Å². The molecule has 1 aliphatic rings. The molecule has 0 unspecified atom stereocenters. The van der Waals surface area contributed by atoms with Crippen molar-refractivity contribution < 1.29 is 9.59 Å². The first-order valence-electron chi connectivity index (χ1n) is 3.30. The van der Waals surface area contributed by atoms with Crippen molar-refractivity contribution in [2.75, 3.05) is 20.3 Å². The fourth-order valence-corrected chi connectivity index (χ4v) is 0.946. The van der Waals surface area contributed by atoms with Crippen LogP contribution in [0.2, 0.25) is 0 Å². The lowest BCUT2D eigenvalue weighted by Crippen LogP contribution is -2.28. The second kappa shape index (κ2) is 2.74. The molecular weight excluding hydrogens is 144 g/mol. The minimum absolute atomic E-state index is 0.0276. The average molecular weight is 154 g/mol. The van der Waals surface area contributed by atoms with Crippen molar-refractivity contribution >= 4 is 11.8 Å². The third-order valence-electron chi connectivity index (χ3n) is 1.62. The lowest BCUT2D eigenvalue weighted by atomic mass is 10.5. The minimum atomic E-state index is -0.192. The van der Waals surface area contributed by atoms with E-state index in [9.17, 15) is 9.59 Å². The maximum atomic E-state index is 10.9. The number of likely N-dealkylation sites (N-methyl/N-ethyl adjacent to an activating group) is 1. The van der Waals surface area contributed by atoms with Gasteiger partial charge in [0.2, 0.25) is 11.8 Å². The third kappa shape index (κ3) is 1.39. The molecule has 1 fully saturated rings. The molecule has 0 aliphatic carbocycles. The molecule has 1 saturated heterocycles. The van der Waals surface area contributed by atoms with Crippen molar-refractivity contribution in [2.45, 2.75) is 0 Å². The van der Waals surface area contributed by atoms with E-state index in [2.05, 4.69) is 6.58 Å². The third-order valence-corrected chi connectivity index (χ3v) is 1.62. The zero-order valence-electron chi connectivity index (χ0n) is 6.41. The van der Waals surface area contributed by atoms with Crippen molar-refractivity contribution in [2.24, 2.45) is 0 Å². The lowest BCUT2D eigenvalue weighted by molar-refractivity contribution is -0.128. The van der Waals surface area contributed by atoms with E-state index < -0.39 is 0 Å². The molecule has 0 spiro atoms. The number of rotatable bonds is 1. The van der Waals surface area contributed by atoms with Gasteiger partial charge in [-0.2, -0.15) is 0 Å². The number of carbonyl (C=O) groups excluding carboxylic acids is 2. The van der Waals surface area contributed by atoms with Crippen molar-refractivity contribution in [3.05, 3.63) is 12.7 Å². The molecule has 0 aromatic heterocycles. The highest BCUT2D eigenvalue weighted by atomic mass is 16.2. The molecule has 0 aromatic carbocycles. The molecule has 60 valence electrons. The van der Waals surface area contributed by atoms with Gasteiger partial charge in [0, 0.05) is 7.05 Å². The summed E-state index contributed by atoms with van der Waals surface area (Å²) in [5.74, 6) is -0.220. The molecule has 0 N–H and O–H groups in total. The van der Waals surface area contributed by atoms with E-state index >= 15 is 0 Å². The Kier molecular flexibility index (Phi) is 1.94. The van der Waals surface area contributed by atoms with Crippen LogP contribution in [0.25, 0.3) is 0 Å². The van der Waals surface area contributed by atoms with Crippen LogP contribution in [-0.2, 0) is 9.59 Å². The van der Waals surface area contributed by atoms with Gasteiger partial charge in [0.1, 0.15) is 6.54 Å². The number of amides is 2. The fraction of sp³-hybridized carbons (Fsp3) is 0.429. The first kappa shape index (κ1) is 7.78. The summed E-state index contributed by atoms with van der Waals surface area (Å²) in [5, 5.41) is 0. The lowest BCUT2D eigenvalue weighted by Gasteiger charge is -2.11. The summed E-state index contributed by atoms with van der Waals surface area (Å²) in [6, 6.07) is 0. The van der Waals surface area contributed by atoms with Crippen LogP contribution in [0.1, 0.15) is 0 Å². The molecule has 11 heavy (non-hydrogen) atoms. The fourth-order valence-electron chi connectivity index (χ4n) is 0.946. The van der Waals surface area contributed by atoms with Gasteiger partial charge in [0.05, 0.1) is 6.67 Å². The quantitative estimate of drug-likeness (QED) is 0.474. The molecule has 0 radical (unpaired) electrons. The number of nitrogens with zero attached hydrogens (tertiary/aromatic N) is 2. The molecule has 0 atom stereocenters. The van der Waals surface area contributed by atoms with Gasteiger partial charge in [0.15, 0.2) is 0 Å². The summed E-state index contributed by atoms with van der Waals surface area (Å²) >= 11 is 0.